The molecule has 5 heteroatoms. The van der Waals surface area contributed by atoms with Crippen LogP contribution in [0.15, 0.2) is 47.7 Å². The highest BCUT2D eigenvalue weighted by Gasteiger charge is 2.15. The minimum Gasteiger partial charge on any atom is -0.497 e. The first-order valence-corrected chi connectivity index (χ1v) is 7.08. The summed E-state index contributed by atoms with van der Waals surface area (Å²) < 4.78 is 6.80. The van der Waals surface area contributed by atoms with Crippen molar-refractivity contribution in [1.82, 2.24) is 14.5 Å². The van der Waals surface area contributed by atoms with Crippen LogP contribution >= 0.6 is 0 Å². The van der Waals surface area contributed by atoms with Gasteiger partial charge in [-0.3, -0.25) is 14.3 Å². The van der Waals surface area contributed by atoms with E-state index in [2.05, 4.69) is 9.97 Å². The molecule has 0 N–H and O–H groups in total. The van der Waals surface area contributed by atoms with Gasteiger partial charge >= 0.3 is 0 Å². The van der Waals surface area contributed by atoms with Gasteiger partial charge in [-0.2, -0.15) is 0 Å². The van der Waals surface area contributed by atoms with E-state index in [0.29, 0.717) is 16.7 Å². The predicted molar refractivity (Wildman–Crippen MR) is 85.3 cm³/mol. The number of aryl methyl sites for hydroxylation is 1. The van der Waals surface area contributed by atoms with E-state index in [1.165, 1.54) is 0 Å². The number of hydrogen-bond acceptors (Lipinski definition) is 4. The maximum Gasteiger partial charge on any atom is 0.261 e. The zero-order valence-corrected chi connectivity index (χ0v) is 12.8. The van der Waals surface area contributed by atoms with Crippen LogP contribution in [0.1, 0.15) is 24.2 Å². The van der Waals surface area contributed by atoms with Crippen molar-refractivity contribution >= 4 is 10.9 Å². The summed E-state index contributed by atoms with van der Waals surface area (Å²) in [5, 5.41) is 0.544. The maximum absolute atomic E-state index is 12.8. The molecule has 0 unspecified atom stereocenters. The molecule has 0 bridgehead atoms. The van der Waals surface area contributed by atoms with Gasteiger partial charge in [0.2, 0.25) is 0 Å². The van der Waals surface area contributed by atoms with Crippen LogP contribution in [0, 0.1) is 6.92 Å². The SMILES string of the molecule is COc1ccc2ncn([C@H](C)c3ncccc3C)c(=O)c2c1. The normalized spacial score (nSPS) is 12.3. The highest BCUT2D eigenvalue weighted by atomic mass is 16.5. The van der Waals surface area contributed by atoms with Crippen molar-refractivity contribution in [3.63, 3.8) is 0 Å². The predicted octanol–water partition coefficient (Wildman–Crippen LogP) is 2.72. The summed E-state index contributed by atoms with van der Waals surface area (Å²) in [5.74, 6) is 0.644. The van der Waals surface area contributed by atoms with E-state index in [0.717, 1.165) is 11.3 Å². The smallest absolute Gasteiger partial charge is 0.261 e. The molecular weight excluding hydrogens is 278 g/mol. The third-order valence-corrected chi connectivity index (χ3v) is 3.85. The Morgan fingerprint density at radius 2 is 2.05 bits per heavy atom. The van der Waals surface area contributed by atoms with E-state index in [4.69, 9.17) is 4.74 Å². The van der Waals surface area contributed by atoms with Gasteiger partial charge in [-0.25, -0.2) is 4.98 Å². The van der Waals surface area contributed by atoms with Gasteiger partial charge in [0, 0.05) is 6.20 Å². The van der Waals surface area contributed by atoms with Crippen LogP contribution in [0.25, 0.3) is 10.9 Å². The van der Waals surface area contributed by atoms with Gasteiger partial charge in [0.1, 0.15) is 5.75 Å². The molecule has 2 aromatic heterocycles. The Balaban J connectivity index is 2.17. The van der Waals surface area contributed by atoms with Crippen LogP contribution in [-0.4, -0.2) is 21.6 Å². The number of hydrogen-bond donors (Lipinski definition) is 0. The highest BCUT2D eigenvalue weighted by Crippen LogP contribution is 2.20. The minimum atomic E-state index is -0.184. The molecule has 2 heterocycles. The molecule has 3 aromatic rings. The second kappa shape index (κ2) is 5.60. The van der Waals surface area contributed by atoms with Crippen molar-refractivity contribution in [2.45, 2.75) is 19.9 Å². The largest absolute Gasteiger partial charge is 0.497 e. The van der Waals surface area contributed by atoms with E-state index < -0.39 is 0 Å². The Bertz CT molecular complexity index is 886. The van der Waals surface area contributed by atoms with Crippen molar-refractivity contribution in [3.05, 3.63) is 64.5 Å². The van der Waals surface area contributed by atoms with Crippen molar-refractivity contribution in [3.8, 4) is 5.75 Å². The standard InChI is InChI=1S/C17H17N3O2/c1-11-5-4-8-18-16(11)12(2)20-10-19-15-7-6-13(22-3)9-14(15)17(20)21/h4-10,12H,1-3H3/t12-/m1/s1. The van der Waals surface area contributed by atoms with Crippen LogP contribution < -0.4 is 10.3 Å². The quantitative estimate of drug-likeness (QED) is 0.745. The summed E-state index contributed by atoms with van der Waals surface area (Å²) in [5.41, 5.74) is 2.48. The summed E-state index contributed by atoms with van der Waals surface area (Å²) >= 11 is 0. The van der Waals surface area contributed by atoms with E-state index in [1.54, 1.807) is 42.4 Å². The lowest BCUT2D eigenvalue weighted by Gasteiger charge is -2.16. The first-order valence-electron chi connectivity index (χ1n) is 7.08. The third-order valence-electron chi connectivity index (χ3n) is 3.85. The average molecular weight is 295 g/mol. The van der Waals surface area contributed by atoms with Crippen LogP contribution in [0.5, 0.6) is 5.75 Å². The maximum atomic E-state index is 12.8. The van der Waals surface area contributed by atoms with Crippen molar-refractivity contribution < 1.29 is 4.74 Å². The highest BCUT2D eigenvalue weighted by molar-refractivity contribution is 5.78. The lowest BCUT2D eigenvalue weighted by molar-refractivity contribution is 0.415. The number of methoxy groups -OCH3 is 1. The van der Waals surface area contributed by atoms with Crippen molar-refractivity contribution in [1.29, 1.82) is 0 Å². The minimum absolute atomic E-state index is 0.0959. The molecule has 0 fully saturated rings. The molecule has 22 heavy (non-hydrogen) atoms. The summed E-state index contributed by atoms with van der Waals surface area (Å²) in [6.45, 7) is 3.94. The molecule has 0 aliphatic heterocycles. The zero-order valence-electron chi connectivity index (χ0n) is 12.8. The Hall–Kier alpha value is -2.69. The molecule has 3 rings (SSSR count). The van der Waals surface area contributed by atoms with E-state index in [9.17, 15) is 4.79 Å². The number of rotatable bonds is 3. The number of nitrogens with zero attached hydrogens (tertiary/aromatic N) is 3. The van der Waals surface area contributed by atoms with E-state index >= 15 is 0 Å². The summed E-state index contributed by atoms with van der Waals surface area (Å²) in [7, 11) is 1.58. The van der Waals surface area contributed by atoms with E-state index in [1.807, 2.05) is 26.0 Å². The Morgan fingerprint density at radius 1 is 1.23 bits per heavy atom. The number of fused-ring (bicyclic) bond motifs is 1. The molecule has 0 saturated heterocycles. The van der Waals surface area contributed by atoms with Gasteiger partial charge in [0.25, 0.3) is 5.56 Å². The fourth-order valence-electron chi connectivity index (χ4n) is 2.58. The first-order chi connectivity index (χ1) is 10.6. The topological polar surface area (TPSA) is 57.0 Å². The summed E-state index contributed by atoms with van der Waals surface area (Å²) in [6, 6.07) is 9.00. The molecule has 0 saturated carbocycles. The van der Waals surface area contributed by atoms with Gasteiger partial charge in [0.15, 0.2) is 0 Å². The Labute approximate surface area is 128 Å². The lowest BCUT2D eigenvalue weighted by Crippen LogP contribution is -2.25. The fourth-order valence-corrected chi connectivity index (χ4v) is 2.58. The van der Waals surface area contributed by atoms with Crippen LogP contribution in [0.2, 0.25) is 0 Å². The van der Waals surface area contributed by atoms with Gasteiger partial charge in [0.05, 0.1) is 36.1 Å². The summed E-state index contributed by atoms with van der Waals surface area (Å²) in [4.78, 5) is 21.5. The second-order valence-electron chi connectivity index (χ2n) is 5.22. The molecule has 1 atom stereocenters. The Kier molecular flexibility index (Phi) is 3.63. The van der Waals surface area contributed by atoms with Gasteiger partial charge in [-0.1, -0.05) is 6.07 Å². The van der Waals surface area contributed by atoms with Crippen molar-refractivity contribution in [2.24, 2.45) is 0 Å². The second-order valence-corrected chi connectivity index (χ2v) is 5.22. The van der Waals surface area contributed by atoms with Crippen LogP contribution in [0.3, 0.4) is 0 Å². The Morgan fingerprint density at radius 3 is 2.77 bits per heavy atom. The monoisotopic (exact) mass is 295 g/mol. The van der Waals surface area contributed by atoms with Crippen LogP contribution in [0.4, 0.5) is 0 Å². The lowest BCUT2D eigenvalue weighted by atomic mass is 10.1. The molecule has 0 spiro atoms. The number of ether oxygens (including phenoxy) is 1. The molecular formula is C17H17N3O2. The van der Waals surface area contributed by atoms with Gasteiger partial charge in [-0.15, -0.1) is 0 Å². The molecule has 5 nitrogen and oxygen atoms in total. The molecule has 0 aliphatic carbocycles. The van der Waals surface area contributed by atoms with Crippen LogP contribution in [-0.2, 0) is 0 Å². The average Bonchev–Trinajstić information content (AvgIpc) is 2.55. The van der Waals surface area contributed by atoms with Crippen molar-refractivity contribution in [2.75, 3.05) is 7.11 Å². The molecule has 0 amide bonds. The number of benzene rings is 1. The molecule has 0 radical (unpaired) electrons. The zero-order chi connectivity index (χ0) is 15.7. The number of pyridine rings is 1. The molecule has 112 valence electrons. The summed E-state index contributed by atoms with van der Waals surface area (Å²) in [6.07, 6.45) is 3.32. The molecule has 1 aromatic carbocycles. The van der Waals surface area contributed by atoms with Gasteiger partial charge < -0.3 is 4.74 Å². The molecule has 0 aliphatic rings. The fraction of sp³-hybridized carbons (Fsp3) is 0.235. The first kappa shape index (κ1) is 14.3. The number of aromatic nitrogens is 3. The van der Waals surface area contributed by atoms with Gasteiger partial charge in [-0.05, 0) is 43.7 Å². The third kappa shape index (κ3) is 2.35. The van der Waals surface area contributed by atoms with E-state index in [-0.39, 0.29) is 11.6 Å².